The molecule has 0 rings (SSSR count). The van der Waals surface area contributed by atoms with Gasteiger partial charge in [-0.2, -0.15) is 0 Å². The van der Waals surface area contributed by atoms with Crippen molar-refractivity contribution >= 4 is 0 Å². The Labute approximate surface area is 67.3 Å². The van der Waals surface area contributed by atoms with Crippen LogP contribution in [0.15, 0.2) is 0 Å². The van der Waals surface area contributed by atoms with Gasteiger partial charge in [-0.3, -0.25) is 0 Å². The van der Waals surface area contributed by atoms with Gasteiger partial charge in [0.25, 0.3) is 0 Å². The summed E-state index contributed by atoms with van der Waals surface area (Å²) >= 11 is -5.88. The molecule has 4 nitrogen and oxygen atoms in total. The molecule has 41 valence electrons. The van der Waals surface area contributed by atoms with Crippen molar-refractivity contribution in [1.29, 1.82) is 0 Å². The van der Waals surface area contributed by atoms with Crippen LogP contribution in [-0.2, 0) is 18.7 Å². The quantitative estimate of drug-likeness (QED) is 0.458. The third-order valence-corrected chi connectivity index (χ3v) is 0. The van der Waals surface area contributed by atoms with Crippen molar-refractivity contribution in [2.24, 2.45) is 0 Å². The Bertz CT molecular complexity index is 53.7. The molecule has 0 aromatic rings. The fourth-order valence-electron chi connectivity index (χ4n) is 0. The van der Waals surface area contributed by atoms with Gasteiger partial charge in [0.1, 0.15) is 0 Å². The average molecular weight is 282 g/mol. The zero-order chi connectivity index (χ0) is 4.50. The molecule has 0 aromatic carbocycles. The molecule has 0 atom stereocenters. The zero-order valence-corrected chi connectivity index (χ0v) is 5.62. The Balaban J connectivity index is 0. The Morgan fingerprint density at radius 3 is 1.17 bits per heavy atom. The molecule has 0 fully saturated rings. The topological polar surface area (TPSA) is 86.2 Å². The van der Waals surface area contributed by atoms with Gasteiger partial charge in [0.2, 0.25) is 0 Å². The van der Waals surface area contributed by atoms with E-state index in [1.807, 2.05) is 0 Å². The molecule has 0 aromatic heterocycles. The van der Waals surface area contributed by atoms with E-state index in [4.69, 9.17) is 15.8 Å². The van der Waals surface area contributed by atoms with Crippen molar-refractivity contribution in [3.8, 4) is 0 Å². The van der Waals surface area contributed by atoms with Gasteiger partial charge in [-0.15, -0.1) is 0 Å². The Morgan fingerprint density at radius 2 is 1.17 bits per heavy atom. The molecule has 0 amide bonds. The average Bonchev–Trinajstić information content (AvgIpc) is 0.722. The Hall–Kier alpha value is 1.51. The maximum absolute atomic E-state index is 8.61. The van der Waals surface area contributed by atoms with Crippen LogP contribution in [0.2, 0.25) is 0 Å². The summed E-state index contributed by atoms with van der Waals surface area (Å²) in [4.78, 5) is 0. The molecule has 0 bridgehead atoms. The van der Waals surface area contributed by atoms with Gasteiger partial charge in [0, 0.05) is 0 Å². The first-order valence-electron chi connectivity index (χ1n) is 0.730. The SMILES string of the molecule is [Er+3].[O]=[V]([O-])([O-])[O-]. The molecule has 0 aliphatic heterocycles. The first-order chi connectivity index (χ1) is 2.00. The first kappa shape index (κ1) is 10.5. The molecule has 0 saturated carbocycles. The summed E-state index contributed by atoms with van der Waals surface area (Å²) in [5, 5.41) is 0. The van der Waals surface area contributed by atoms with Gasteiger partial charge in [0.05, 0.1) is 0 Å². The summed E-state index contributed by atoms with van der Waals surface area (Å²) in [6, 6.07) is 0. The van der Waals surface area contributed by atoms with Crippen LogP contribution in [0.25, 0.3) is 0 Å². The van der Waals surface area contributed by atoms with Gasteiger partial charge in [0.15, 0.2) is 0 Å². The van der Waals surface area contributed by atoms with E-state index in [9.17, 15) is 0 Å². The predicted molar refractivity (Wildman–Crippen MR) is 0.686 cm³/mol. The van der Waals surface area contributed by atoms with E-state index in [-0.39, 0.29) is 37.3 Å². The van der Waals surface area contributed by atoms with Crippen molar-refractivity contribution < 1.29 is 68.1 Å². The van der Waals surface area contributed by atoms with Crippen LogP contribution in [0.3, 0.4) is 0 Å². The standard InChI is InChI=1S/Er.4O.V/q+3;;3*-1;. The fraction of sp³-hybridized carbons (Fsp3) is 0. The molecule has 0 saturated heterocycles. The molecule has 6 heteroatoms. The summed E-state index contributed by atoms with van der Waals surface area (Å²) in [5.41, 5.74) is 0. The summed E-state index contributed by atoms with van der Waals surface area (Å²) < 4.78 is 34.4. The number of hydrogen-bond donors (Lipinski definition) is 0. The fourth-order valence-corrected chi connectivity index (χ4v) is 0. The molecule has 1 radical (unpaired) electrons. The molecule has 6 heavy (non-hydrogen) atoms. The number of hydrogen-bond acceptors (Lipinski definition) is 4. The van der Waals surface area contributed by atoms with E-state index in [2.05, 4.69) is 0 Å². The predicted octanol–water partition coefficient (Wildman–Crippen LogP) is -3.69. The maximum atomic E-state index is 8.61. The van der Waals surface area contributed by atoms with Crippen molar-refractivity contribution in [1.82, 2.24) is 0 Å². The second kappa shape index (κ2) is 3.51. The molecular formula is ErO4V. The van der Waals surface area contributed by atoms with E-state index in [1.165, 1.54) is 0 Å². The summed E-state index contributed by atoms with van der Waals surface area (Å²) in [6.07, 6.45) is 0. The van der Waals surface area contributed by atoms with Crippen LogP contribution < -0.4 is 12.1 Å². The van der Waals surface area contributed by atoms with E-state index < -0.39 is 15.0 Å². The minimum atomic E-state index is -5.88. The van der Waals surface area contributed by atoms with Gasteiger partial charge in [-0.25, -0.2) is 0 Å². The third kappa shape index (κ3) is 49.1. The zero-order valence-electron chi connectivity index (χ0n) is 2.37. The van der Waals surface area contributed by atoms with Crippen LogP contribution in [0.1, 0.15) is 0 Å². The third-order valence-electron chi connectivity index (χ3n) is 0. The molecular weight excluding hydrogens is 282 g/mol. The van der Waals surface area contributed by atoms with E-state index >= 15 is 0 Å². The van der Waals surface area contributed by atoms with Crippen LogP contribution in [-0.4, -0.2) is 0 Å². The van der Waals surface area contributed by atoms with Crippen molar-refractivity contribution in [2.75, 3.05) is 0 Å². The summed E-state index contributed by atoms with van der Waals surface area (Å²) in [6.45, 7) is 0. The van der Waals surface area contributed by atoms with E-state index in [1.54, 1.807) is 0 Å². The molecule has 0 N–H and O–H groups in total. The van der Waals surface area contributed by atoms with Crippen LogP contribution in [0, 0.1) is 37.3 Å². The summed E-state index contributed by atoms with van der Waals surface area (Å²) in [5.74, 6) is 0. The Kier molecular flexibility index (Phi) is 6.13. The Morgan fingerprint density at radius 1 is 1.17 bits per heavy atom. The van der Waals surface area contributed by atoms with Crippen LogP contribution >= 0.6 is 0 Å². The van der Waals surface area contributed by atoms with Crippen molar-refractivity contribution in [2.45, 2.75) is 0 Å². The normalized spacial score (nSPS) is 9.83. The van der Waals surface area contributed by atoms with Gasteiger partial charge in [-0.1, -0.05) is 0 Å². The van der Waals surface area contributed by atoms with Gasteiger partial charge >= 0.3 is 68.1 Å². The first-order valence-corrected chi connectivity index (χ1v) is 3.01. The van der Waals surface area contributed by atoms with E-state index in [0.29, 0.717) is 0 Å². The molecule has 0 unspecified atom stereocenters. The minimum absolute atomic E-state index is 0. The molecule has 0 heterocycles. The molecule has 0 aliphatic rings. The molecule has 0 spiro atoms. The second-order valence-electron chi connectivity index (χ2n) is 0.447. The van der Waals surface area contributed by atoms with Gasteiger partial charge in [-0.05, 0) is 0 Å². The number of rotatable bonds is 0. The van der Waals surface area contributed by atoms with Crippen molar-refractivity contribution in [3.05, 3.63) is 0 Å². The van der Waals surface area contributed by atoms with Crippen LogP contribution in [0.5, 0.6) is 0 Å². The molecule has 0 aliphatic carbocycles. The van der Waals surface area contributed by atoms with Crippen LogP contribution in [0.4, 0.5) is 0 Å². The summed E-state index contributed by atoms with van der Waals surface area (Å²) in [7, 11) is 0. The van der Waals surface area contributed by atoms with E-state index in [0.717, 1.165) is 0 Å². The van der Waals surface area contributed by atoms with Crippen molar-refractivity contribution in [3.63, 3.8) is 0 Å². The van der Waals surface area contributed by atoms with Gasteiger partial charge < -0.3 is 0 Å². The second-order valence-corrected chi connectivity index (χ2v) is 1.84. The monoisotopic (exact) mass is 281 g/mol.